The number of nitrogens with zero attached hydrogens (tertiary/aromatic N) is 1. The molecule has 1 unspecified atom stereocenters. The lowest BCUT2D eigenvalue weighted by atomic mass is 9.89. The Balaban J connectivity index is 2.24. The van der Waals surface area contributed by atoms with Gasteiger partial charge in [0.05, 0.1) is 0 Å². The van der Waals surface area contributed by atoms with Crippen molar-refractivity contribution in [3.63, 3.8) is 0 Å². The third-order valence-corrected chi connectivity index (χ3v) is 3.72. The van der Waals surface area contributed by atoms with Crippen LogP contribution in [0.1, 0.15) is 31.2 Å². The molecule has 3 rings (SSSR count). The Morgan fingerprint density at radius 1 is 1.44 bits per heavy atom. The number of oxazole rings is 1. The molecular formula is C13H16N2O. The number of aryl methyl sites for hydroxylation is 1. The van der Waals surface area contributed by atoms with Crippen LogP contribution < -0.4 is 5.73 Å². The Bertz CT molecular complexity index is 538. The van der Waals surface area contributed by atoms with E-state index >= 15 is 0 Å². The SMILES string of the molecule is Cc1nc2cccc(C3(C(C)N)CC3)c2o1. The summed E-state index contributed by atoms with van der Waals surface area (Å²) in [5.74, 6) is 0.725. The van der Waals surface area contributed by atoms with E-state index in [1.807, 2.05) is 19.1 Å². The highest BCUT2D eigenvalue weighted by molar-refractivity contribution is 5.78. The third-order valence-electron chi connectivity index (χ3n) is 3.72. The normalized spacial score (nSPS) is 19.9. The van der Waals surface area contributed by atoms with E-state index in [0.29, 0.717) is 0 Å². The summed E-state index contributed by atoms with van der Waals surface area (Å²) in [4.78, 5) is 4.37. The molecule has 1 aromatic heterocycles. The van der Waals surface area contributed by atoms with Crippen molar-refractivity contribution in [2.24, 2.45) is 5.73 Å². The Morgan fingerprint density at radius 2 is 2.19 bits per heavy atom. The predicted molar refractivity (Wildman–Crippen MR) is 63.3 cm³/mol. The van der Waals surface area contributed by atoms with Crippen LogP contribution in [0.4, 0.5) is 0 Å². The predicted octanol–water partition coefficient (Wildman–Crippen LogP) is 2.52. The van der Waals surface area contributed by atoms with Crippen LogP contribution in [0, 0.1) is 6.92 Å². The summed E-state index contributed by atoms with van der Waals surface area (Å²) < 4.78 is 5.71. The van der Waals surface area contributed by atoms with Crippen molar-refractivity contribution in [3.8, 4) is 0 Å². The Morgan fingerprint density at radius 3 is 2.81 bits per heavy atom. The molecular weight excluding hydrogens is 200 g/mol. The molecule has 1 heterocycles. The van der Waals surface area contributed by atoms with Crippen molar-refractivity contribution in [1.82, 2.24) is 4.98 Å². The fourth-order valence-corrected chi connectivity index (χ4v) is 2.56. The van der Waals surface area contributed by atoms with E-state index in [0.717, 1.165) is 29.8 Å². The second-order valence-corrected chi connectivity index (χ2v) is 4.83. The molecule has 0 bridgehead atoms. The number of benzene rings is 1. The molecule has 0 amide bonds. The lowest BCUT2D eigenvalue weighted by Gasteiger charge is -2.19. The summed E-state index contributed by atoms with van der Waals surface area (Å²) in [5, 5.41) is 0. The van der Waals surface area contributed by atoms with Gasteiger partial charge in [0.2, 0.25) is 0 Å². The maximum absolute atomic E-state index is 6.10. The Kier molecular flexibility index (Phi) is 1.89. The van der Waals surface area contributed by atoms with Gasteiger partial charge in [-0.15, -0.1) is 0 Å². The summed E-state index contributed by atoms with van der Waals surface area (Å²) in [6, 6.07) is 6.33. The third kappa shape index (κ3) is 1.21. The summed E-state index contributed by atoms with van der Waals surface area (Å²) >= 11 is 0. The van der Waals surface area contributed by atoms with Gasteiger partial charge >= 0.3 is 0 Å². The second kappa shape index (κ2) is 3.08. The molecule has 0 saturated heterocycles. The first-order valence-electron chi connectivity index (χ1n) is 5.76. The Hall–Kier alpha value is -1.35. The minimum atomic E-state index is 0.130. The van der Waals surface area contributed by atoms with Crippen LogP contribution in [-0.4, -0.2) is 11.0 Å². The topological polar surface area (TPSA) is 52.0 Å². The monoisotopic (exact) mass is 216 g/mol. The number of rotatable bonds is 2. The van der Waals surface area contributed by atoms with Crippen molar-refractivity contribution in [3.05, 3.63) is 29.7 Å². The minimum absolute atomic E-state index is 0.130. The van der Waals surface area contributed by atoms with Gasteiger partial charge in [0, 0.05) is 23.9 Å². The van der Waals surface area contributed by atoms with E-state index in [4.69, 9.17) is 10.2 Å². The summed E-state index contributed by atoms with van der Waals surface area (Å²) in [7, 11) is 0. The number of hydrogen-bond acceptors (Lipinski definition) is 3. The molecule has 1 atom stereocenters. The highest BCUT2D eigenvalue weighted by Gasteiger charge is 2.49. The van der Waals surface area contributed by atoms with Gasteiger partial charge in [0.25, 0.3) is 0 Å². The van der Waals surface area contributed by atoms with Gasteiger partial charge < -0.3 is 10.2 Å². The van der Waals surface area contributed by atoms with Crippen LogP contribution in [0.5, 0.6) is 0 Å². The lowest BCUT2D eigenvalue weighted by Crippen LogP contribution is -2.31. The van der Waals surface area contributed by atoms with Gasteiger partial charge in [-0.05, 0) is 25.8 Å². The van der Waals surface area contributed by atoms with Gasteiger partial charge in [-0.3, -0.25) is 0 Å². The molecule has 2 N–H and O–H groups in total. The van der Waals surface area contributed by atoms with Crippen molar-refractivity contribution < 1.29 is 4.42 Å². The van der Waals surface area contributed by atoms with Gasteiger partial charge in [0.1, 0.15) is 5.52 Å². The first kappa shape index (κ1) is 9.85. The van der Waals surface area contributed by atoms with Crippen LogP contribution >= 0.6 is 0 Å². The van der Waals surface area contributed by atoms with Crippen molar-refractivity contribution in [2.45, 2.75) is 38.1 Å². The molecule has 84 valence electrons. The summed E-state index contributed by atoms with van der Waals surface area (Å²) in [6.45, 7) is 3.96. The average Bonchev–Trinajstić information content (AvgIpc) is 2.94. The van der Waals surface area contributed by atoms with E-state index in [1.165, 1.54) is 5.56 Å². The molecule has 3 heteroatoms. The van der Waals surface area contributed by atoms with E-state index in [2.05, 4.69) is 18.0 Å². The van der Waals surface area contributed by atoms with Crippen LogP contribution in [0.2, 0.25) is 0 Å². The van der Waals surface area contributed by atoms with E-state index in [1.54, 1.807) is 0 Å². The number of aromatic nitrogens is 1. The molecule has 0 aliphatic heterocycles. The van der Waals surface area contributed by atoms with Gasteiger partial charge in [-0.2, -0.15) is 0 Å². The molecule has 1 aliphatic rings. The molecule has 1 aliphatic carbocycles. The van der Waals surface area contributed by atoms with Gasteiger partial charge in [-0.1, -0.05) is 12.1 Å². The second-order valence-electron chi connectivity index (χ2n) is 4.83. The molecule has 0 radical (unpaired) electrons. The van der Waals surface area contributed by atoms with Crippen LogP contribution in [-0.2, 0) is 5.41 Å². The molecule has 16 heavy (non-hydrogen) atoms. The van der Waals surface area contributed by atoms with Crippen molar-refractivity contribution >= 4 is 11.1 Å². The van der Waals surface area contributed by atoms with E-state index < -0.39 is 0 Å². The Labute approximate surface area is 94.7 Å². The maximum atomic E-state index is 6.10. The lowest BCUT2D eigenvalue weighted by molar-refractivity contribution is 0.525. The highest BCUT2D eigenvalue weighted by atomic mass is 16.3. The first-order chi connectivity index (χ1) is 7.63. The fraction of sp³-hybridized carbons (Fsp3) is 0.462. The van der Waals surface area contributed by atoms with Crippen LogP contribution in [0.25, 0.3) is 11.1 Å². The van der Waals surface area contributed by atoms with Crippen molar-refractivity contribution in [1.29, 1.82) is 0 Å². The zero-order chi connectivity index (χ0) is 11.3. The molecule has 1 aromatic carbocycles. The zero-order valence-corrected chi connectivity index (χ0v) is 9.66. The molecule has 0 spiro atoms. The fourth-order valence-electron chi connectivity index (χ4n) is 2.56. The minimum Gasteiger partial charge on any atom is -0.441 e. The van der Waals surface area contributed by atoms with Gasteiger partial charge in [-0.25, -0.2) is 4.98 Å². The molecule has 2 aromatic rings. The van der Waals surface area contributed by atoms with Crippen molar-refractivity contribution in [2.75, 3.05) is 0 Å². The van der Waals surface area contributed by atoms with E-state index in [9.17, 15) is 0 Å². The number of hydrogen-bond donors (Lipinski definition) is 1. The van der Waals surface area contributed by atoms with Crippen LogP contribution in [0.15, 0.2) is 22.6 Å². The summed E-state index contributed by atoms with van der Waals surface area (Å²) in [6.07, 6.45) is 2.31. The maximum Gasteiger partial charge on any atom is 0.192 e. The summed E-state index contributed by atoms with van der Waals surface area (Å²) in [5.41, 5.74) is 9.34. The smallest absolute Gasteiger partial charge is 0.192 e. The first-order valence-corrected chi connectivity index (χ1v) is 5.76. The largest absolute Gasteiger partial charge is 0.441 e. The average molecular weight is 216 g/mol. The zero-order valence-electron chi connectivity index (χ0n) is 9.66. The molecule has 1 saturated carbocycles. The number of fused-ring (bicyclic) bond motifs is 1. The van der Waals surface area contributed by atoms with E-state index in [-0.39, 0.29) is 11.5 Å². The van der Waals surface area contributed by atoms with Crippen LogP contribution in [0.3, 0.4) is 0 Å². The quantitative estimate of drug-likeness (QED) is 0.839. The van der Waals surface area contributed by atoms with Gasteiger partial charge in [0.15, 0.2) is 11.5 Å². The molecule has 1 fully saturated rings. The highest BCUT2D eigenvalue weighted by Crippen LogP contribution is 2.52. The standard InChI is InChI=1S/C13H16N2O/c1-8(14)13(6-7-13)10-4-3-5-11-12(10)16-9(2)15-11/h3-5,8H,6-7,14H2,1-2H3. The molecule has 3 nitrogen and oxygen atoms in total. The number of para-hydroxylation sites is 1. The number of nitrogens with two attached hydrogens (primary N) is 1.